The van der Waals surface area contributed by atoms with E-state index in [1.807, 2.05) is 54.5 Å². The molecule has 0 radical (unpaired) electrons. The summed E-state index contributed by atoms with van der Waals surface area (Å²) in [5.74, 6) is 1.27. The Morgan fingerprint density at radius 1 is 1.07 bits per heavy atom. The number of nitrogens with zero attached hydrogens (tertiary/aromatic N) is 5. The van der Waals surface area contributed by atoms with Gasteiger partial charge in [-0.3, -0.25) is 18.7 Å². The first-order valence-electron chi connectivity index (χ1n) is 9.79. The minimum Gasteiger partial charge on any atom is -0.486 e. The first kappa shape index (κ1) is 19.9. The normalized spacial score (nSPS) is 13.7. The molecule has 3 aromatic rings. The number of hydrogen-bond donors (Lipinski definition) is 0. The van der Waals surface area contributed by atoms with Crippen LogP contribution in [0.25, 0.3) is 11.2 Å². The van der Waals surface area contributed by atoms with E-state index in [9.17, 15) is 14.4 Å². The summed E-state index contributed by atoms with van der Waals surface area (Å²) in [7, 11) is 3.09. The summed E-state index contributed by atoms with van der Waals surface area (Å²) in [6, 6.07) is 7.41. The summed E-state index contributed by atoms with van der Waals surface area (Å²) in [5, 5.41) is 0. The number of carbonyl (C=O) groups is 1. The second kappa shape index (κ2) is 6.86. The number of anilines is 2. The molecule has 30 heavy (non-hydrogen) atoms. The molecule has 0 bridgehead atoms. The molecule has 0 saturated carbocycles. The summed E-state index contributed by atoms with van der Waals surface area (Å²) in [6.07, 6.45) is 0. The molecule has 1 aliphatic heterocycles. The van der Waals surface area contributed by atoms with E-state index < -0.39 is 11.1 Å². The summed E-state index contributed by atoms with van der Waals surface area (Å²) < 4.78 is 9.96. The zero-order valence-electron chi connectivity index (χ0n) is 17.8. The molecule has 0 atom stereocenters. The Morgan fingerprint density at radius 3 is 2.37 bits per heavy atom. The summed E-state index contributed by atoms with van der Waals surface area (Å²) in [4.78, 5) is 43.5. The number of imidazole rings is 1. The molecular weight excluding hydrogens is 386 g/mol. The second-order valence-corrected chi connectivity index (χ2v) is 8.55. The van der Waals surface area contributed by atoms with Crippen molar-refractivity contribution in [2.24, 2.45) is 19.5 Å². The number of fused-ring (bicyclic) bond motifs is 3. The highest BCUT2D eigenvalue weighted by Crippen LogP contribution is 2.32. The highest BCUT2D eigenvalue weighted by molar-refractivity contribution is 5.85. The van der Waals surface area contributed by atoms with Crippen molar-refractivity contribution >= 4 is 28.6 Å². The van der Waals surface area contributed by atoms with Crippen molar-refractivity contribution in [3.8, 4) is 5.75 Å². The monoisotopic (exact) mass is 411 g/mol. The molecule has 1 aromatic carbocycles. The fraction of sp³-hybridized carbons (Fsp3) is 0.429. The van der Waals surface area contributed by atoms with E-state index >= 15 is 0 Å². The second-order valence-electron chi connectivity index (χ2n) is 8.55. The van der Waals surface area contributed by atoms with Crippen LogP contribution in [-0.4, -0.2) is 37.6 Å². The fourth-order valence-corrected chi connectivity index (χ4v) is 3.49. The predicted molar refractivity (Wildman–Crippen MR) is 114 cm³/mol. The summed E-state index contributed by atoms with van der Waals surface area (Å²) in [6.45, 7) is 6.88. The van der Waals surface area contributed by atoms with Gasteiger partial charge in [0, 0.05) is 38.3 Å². The van der Waals surface area contributed by atoms with Crippen LogP contribution in [0.3, 0.4) is 0 Å². The van der Waals surface area contributed by atoms with Crippen molar-refractivity contribution in [2.75, 3.05) is 18.1 Å². The lowest BCUT2D eigenvalue weighted by atomic mass is 9.91. The molecule has 0 unspecified atom stereocenters. The van der Waals surface area contributed by atoms with Gasteiger partial charge < -0.3 is 14.2 Å². The number of aromatic nitrogens is 4. The lowest BCUT2D eigenvalue weighted by Gasteiger charge is -2.18. The lowest BCUT2D eigenvalue weighted by molar-refractivity contribution is -0.128. The molecule has 9 heteroatoms. The molecule has 2 aromatic heterocycles. The SMILES string of the molecule is Cn1c(=O)c2c(nc3n2CCN3c2ccc(OCC(=O)C(C)(C)C)cc2)n(C)c1=O. The highest BCUT2D eigenvalue weighted by atomic mass is 16.5. The van der Waals surface area contributed by atoms with Gasteiger partial charge in [0.15, 0.2) is 16.9 Å². The van der Waals surface area contributed by atoms with E-state index in [-0.39, 0.29) is 17.9 Å². The minimum atomic E-state index is -0.439. The number of rotatable bonds is 4. The summed E-state index contributed by atoms with van der Waals surface area (Å²) >= 11 is 0. The van der Waals surface area contributed by atoms with Gasteiger partial charge in [0.25, 0.3) is 5.56 Å². The van der Waals surface area contributed by atoms with Crippen molar-refractivity contribution in [1.29, 1.82) is 0 Å². The van der Waals surface area contributed by atoms with Crippen LogP contribution in [0.5, 0.6) is 5.75 Å². The van der Waals surface area contributed by atoms with Crippen LogP contribution in [0.1, 0.15) is 20.8 Å². The molecule has 0 spiro atoms. The van der Waals surface area contributed by atoms with Gasteiger partial charge in [-0.15, -0.1) is 0 Å². The van der Waals surface area contributed by atoms with Gasteiger partial charge in [-0.25, -0.2) is 4.79 Å². The van der Waals surface area contributed by atoms with Crippen molar-refractivity contribution in [1.82, 2.24) is 18.7 Å². The Balaban J connectivity index is 1.63. The maximum Gasteiger partial charge on any atom is 0.332 e. The number of Topliss-reactive ketones (excluding diaryl/α,β-unsaturated/α-hetero) is 1. The number of benzene rings is 1. The molecule has 0 saturated heterocycles. The van der Waals surface area contributed by atoms with Crippen LogP contribution in [0.4, 0.5) is 11.6 Å². The third-order valence-corrected chi connectivity index (χ3v) is 5.47. The minimum absolute atomic E-state index is 0.0275. The van der Waals surface area contributed by atoms with Gasteiger partial charge in [0.2, 0.25) is 5.95 Å². The van der Waals surface area contributed by atoms with Crippen LogP contribution >= 0.6 is 0 Å². The lowest BCUT2D eigenvalue weighted by Crippen LogP contribution is -2.37. The topological polar surface area (TPSA) is 91.4 Å². The molecule has 4 rings (SSSR count). The molecule has 0 aliphatic carbocycles. The quantitative estimate of drug-likeness (QED) is 0.647. The summed E-state index contributed by atoms with van der Waals surface area (Å²) in [5.41, 5.74) is 0.510. The Kier molecular flexibility index (Phi) is 4.56. The van der Waals surface area contributed by atoms with Crippen molar-refractivity contribution in [3.63, 3.8) is 0 Å². The molecule has 0 fully saturated rings. The molecular formula is C21H25N5O4. The van der Waals surface area contributed by atoms with E-state index in [1.54, 1.807) is 7.05 Å². The van der Waals surface area contributed by atoms with E-state index in [0.29, 0.717) is 36.0 Å². The van der Waals surface area contributed by atoms with Crippen LogP contribution in [0.15, 0.2) is 33.9 Å². The Labute approximate surface area is 173 Å². The van der Waals surface area contributed by atoms with Crippen LogP contribution < -0.4 is 20.9 Å². The third kappa shape index (κ3) is 3.10. The van der Waals surface area contributed by atoms with Gasteiger partial charge in [0.05, 0.1) is 0 Å². The first-order valence-corrected chi connectivity index (χ1v) is 9.79. The molecule has 0 amide bonds. The Morgan fingerprint density at radius 2 is 1.73 bits per heavy atom. The highest BCUT2D eigenvalue weighted by Gasteiger charge is 2.28. The van der Waals surface area contributed by atoms with E-state index in [1.165, 1.54) is 11.6 Å². The molecule has 1 aliphatic rings. The molecule has 0 N–H and O–H groups in total. The Bertz CT molecular complexity index is 1260. The third-order valence-electron chi connectivity index (χ3n) is 5.47. The number of ether oxygens (including phenoxy) is 1. The maximum absolute atomic E-state index is 12.6. The fourth-order valence-electron chi connectivity index (χ4n) is 3.49. The van der Waals surface area contributed by atoms with Gasteiger partial charge >= 0.3 is 5.69 Å². The van der Waals surface area contributed by atoms with Crippen LogP contribution in [-0.2, 0) is 25.4 Å². The van der Waals surface area contributed by atoms with Gasteiger partial charge in [-0.05, 0) is 24.3 Å². The Hall–Kier alpha value is -3.36. The standard InChI is InChI=1S/C21H25N5O4/c1-21(2,3)15(27)12-30-14-8-6-13(7-9-14)25-10-11-26-16-17(22-19(25)26)23(4)20(29)24(5)18(16)28/h6-9H,10-12H2,1-5H3. The van der Waals surface area contributed by atoms with Crippen LogP contribution in [0.2, 0.25) is 0 Å². The predicted octanol–water partition coefficient (Wildman–Crippen LogP) is 1.58. The van der Waals surface area contributed by atoms with Crippen molar-refractivity contribution in [3.05, 3.63) is 45.1 Å². The molecule has 158 valence electrons. The number of carbonyl (C=O) groups excluding carboxylic acids is 1. The van der Waals surface area contributed by atoms with Crippen LogP contribution in [0, 0.1) is 5.41 Å². The van der Waals surface area contributed by atoms with E-state index in [0.717, 1.165) is 10.3 Å². The first-order chi connectivity index (χ1) is 14.1. The maximum atomic E-state index is 12.6. The average Bonchev–Trinajstić information content (AvgIpc) is 3.28. The van der Waals surface area contributed by atoms with Gasteiger partial charge in [-0.2, -0.15) is 4.98 Å². The number of hydrogen-bond acceptors (Lipinski definition) is 6. The average molecular weight is 411 g/mol. The molecule has 9 nitrogen and oxygen atoms in total. The van der Waals surface area contributed by atoms with Gasteiger partial charge in [-0.1, -0.05) is 20.8 Å². The van der Waals surface area contributed by atoms with E-state index in [2.05, 4.69) is 4.98 Å². The number of aryl methyl sites for hydroxylation is 1. The molecule has 3 heterocycles. The zero-order chi connectivity index (χ0) is 21.8. The zero-order valence-corrected chi connectivity index (χ0v) is 17.8. The largest absolute Gasteiger partial charge is 0.486 e. The van der Waals surface area contributed by atoms with E-state index in [4.69, 9.17) is 4.74 Å². The van der Waals surface area contributed by atoms with Crippen molar-refractivity contribution < 1.29 is 9.53 Å². The smallest absolute Gasteiger partial charge is 0.332 e. The number of ketones is 1. The van der Waals surface area contributed by atoms with Crippen molar-refractivity contribution in [2.45, 2.75) is 27.3 Å². The van der Waals surface area contributed by atoms with Gasteiger partial charge in [0.1, 0.15) is 12.4 Å².